The molecule has 5 nitrogen and oxygen atoms in total. The fourth-order valence-electron chi connectivity index (χ4n) is 13.1. The first-order chi connectivity index (χ1) is 16.7. The second kappa shape index (κ2) is 6.74. The Labute approximate surface area is 218 Å². The minimum Gasteiger partial charge on any atom is -0.393 e. The molecule has 2 N–H and O–H groups in total. The fraction of sp³-hybridized carbons (Fsp3) is 1.00. The lowest BCUT2D eigenvalue weighted by molar-refractivity contribution is -0.287. The van der Waals surface area contributed by atoms with Crippen LogP contribution in [0.3, 0.4) is 0 Å². The van der Waals surface area contributed by atoms with E-state index in [4.69, 9.17) is 14.2 Å². The van der Waals surface area contributed by atoms with E-state index in [1.165, 1.54) is 38.5 Å². The average molecular weight is 503 g/mol. The van der Waals surface area contributed by atoms with Gasteiger partial charge in [-0.25, -0.2) is 0 Å². The van der Waals surface area contributed by atoms with E-state index in [-0.39, 0.29) is 46.6 Å². The Hall–Kier alpha value is -0.200. The number of fused-ring (bicyclic) bond motifs is 4. The topological polar surface area (TPSA) is 68.2 Å². The quantitative estimate of drug-likeness (QED) is 0.535. The number of rotatable bonds is 2. The molecule has 0 amide bonds. The second-order valence-corrected chi connectivity index (χ2v) is 16.1. The van der Waals surface area contributed by atoms with Crippen molar-refractivity contribution in [1.82, 2.24) is 0 Å². The third-order valence-electron chi connectivity index (χ3n) is 14.4. The summed E-state index contributed by atoms with van der Waals surface area (Å²) in [6.45, 7) is 15.9. The molecule has 7 aliphatic rings. The predicted molar refractivity (Wildman–Crippen MR) is 137 cm³/mol. The van der Waals surface area contributed by atoms with Crippen LogP contribution in [0.4, 0.5) is 0 Å². The molecule has 36 heavy (non-hydrogen) atoms. The average Bonchev–Trinajstić information content (AvgIpc) is 3.28. The largest absolute Gasteiger partial charge is 0.393 e. The molecular weight excluding hydrogens is 452 g/mol. The van der Waals surface area contributed by atoms with Gasteiger partial charge in [-0.1, -0.05) is 34.6 Å². The molecule has 13 atom stereocenters. The van der Waals surface area contributed by atoms with Crippen molar-refractivity contribution >= 4 is 0 Å². The molecule has 0 aromatic heterocycles. The highest BCUT2D eigenvalue weighted by Gasteiger charge is 2.88. The van der Waals surface area contributed by atoms with E-state index in [0.29, 0.717) is 28.6 Å². The summed E-state index contributed by atoms with van der Waals surface area (Å²) in [5.74, 6) is 1.14. The van der Waals surface area contributed by atoms with Crippen LogP contribution in [0, 0.1) is 50.7 Å². The third-order valence-corrected chi connectivity index (χ3v) is 14.4. The smallest absolute Gasteiger partial charge is 0.199 e. The van der Waals surface area contributed by atoms with E-state index in [1.807, 2.05) is 21.0 Å². The molecular formula is C31H50O5. The summed E-state index contributed by atoms with van der Waals surface area (Å²) in [6.07, 6.45) is 8.58. The molecule has 2 aliphatic heterocycles. The van der Waals surface area contributed by atoms with E-state index >= 15 is 0 Å². The van der Waals surface area contributed by atoms with Gasteiger partial charge in [0.15, 0.2) is 5.79 Å². The van der Waals surface area contributed by atoms with Crippen molar-refractivity contribution < 1.29 is 24.4 Å². The monoisotopic (exact) mass is 502 g/mol. The van der Waals surface area contributed by atoms with E-state index in [0.717, 1.165) is 12.8 Å². The third kappa shape index (κ3) is 2.37. The Kier molecular flexibility index (Phi) is 4.65. The Balaban J connectivity index is 1.35. The van der Waals surface area contributed by atoms with Crippen LogP contribution in [0.2, 0.25) is 0 Å². The van der Waals surface area contributed by atoms with Crippen LogP contribution in [0.5, 0.6) is 0 Å². The maximum absolute atomic E-state index is 11.1. The number of ether oxygens (including phenoxy) is 3. The van der Waals surface area contributed by atoms with Crippen LogP contribution in [0.1, 0.15) is 99.8 Å². The van der Waals surface area contributed by atoms with Crippen LogP contribution in [-0.2, 0) is 14.2 Å². The van der Waals surface area contributed by atoms with E-state index < -0.39 is 11.4 Å². The molecule has 2 bridgehead atoms. The van der Waals surface area contributed by atoms with Gasteiger partial charge in [-0.05, 0) is 105 Å². The van der Waals surface area contributed by atoms with Gasteiger partial charge in [0.25, 0.3) is 0 Å². The first kappa shape index (κ1) is 24.8. The normalized spacial score (nSPS) is 62.5. The SMILES string of the molecule is COC1C23OC(CC(C)C2[C@@]2(C)CC[C@@]45C[C@@]46CC[C@H](O)C(C)(C)C6CCC5C12C)[C@@H](C(C)(C)O)O3. The molecule has 0 aromatic carbocycles. The zero-order chi connectivity index (χ0) is 25.9. The van der Waals surface area contributed by atoms with E-state index in [9.17, 15) is 10.2 Å². The number of methoxy groups -OCH3 is 1. The second-order valence-electron chi connectivity index (χ2n) is 16.1. The highest BCUT2D eigenvalue weighted by Crippen LogP contribution is 2.90. The zero-order valence-electron chi connectivity index (χ0n) is 23.9. The van der Waals surface area contributed by atoms with Crippen molar-refractivity contribution in [2.75, 3.05) is 7.11 Å². The molecule has 2 heterocycles. The maximum Gasteiger partial charge on any atom is 0.199 e. The van der Waals surface area contributed by atoms with Crippen molar-refractivity contribution in [2.24, 2.45) is 50.7 Å². The lowest BCUT2D eigenvalue weighted by atomic mass is 9.41. The van der Waals surface area contributed by atoms with Gasteiger partial charge >= 0.3 is 0 Å². The molecule has 204 valence electrons. The van der Waals surface area contributed by atoms with Crippen LogP contribution < -0.4 is 0 Å². The van der Waals surface area contributed by atoms with Crippen LogP contribution in [0.15, 0.2) is 0 Å². The highest BCUT2D eigenvalue weighted by atomic mass is 16.8. The van der Waals surface area contributed by atoms with Gasteiger partial charge in [-0.3, -0.25) is 0 Å². The maximum atomic E-state index is 11.1. The van der Waals surface area contributed by atoms with Crippen molar-refractivity contribution in [1.29, 1.82) is 0 Å². The minimum absolute atomic E-state index is 0.00325. The van der Waals surface area contributed by atoms with Crippen molar-refractivity contribution in [3.05, 3.63) is 0 Å². The summed E-state index contributed by atoms with van der Waals surface area (Å²) in [4.78, 5) is 0. The fourth-order valence-corrected chi connectivity index (χ4v) is 13.1. The van der Waals surface area contributed by atoms with Crippen molar-refractivity contribution in [3.8, 4) is 0 Å². The molecule has 5 heteroatoms. The van der Waals surface area contributed by atoms with E-state index in [2.05, 4.69) is 34.6 Å². The molecule has 5 aliphatic carbocycles. The van der Waals surface area contributed by atoms with E-state index in [1.54, 1.807) is 0 Å². The molecule has 2 saturated heterocycles. The highest BCUT2D eigenvalue weighted by molar-refractivity contribution is 5.34. The molecule has 3 spiro atoms. The molecule has 7 fully saturated rings. The van der Waals surface area contributed by atoms with Crippen molar-refractivity contribution in [2.45, 2.75) is 136 Å². The van der Waals surface area contributed by atoms with Gasteiger partial charge in [-0.2, -0.15) is 0 Å². The Morgan fingerprint density at radius 3 is 2.25 bits per heavy atom. The molecule has 8 unspecified atom stereocenters. The van der Waals surface area contributed by atoms with Gasteiger partial charge < -0.3 is 24.4 Å². The molecule has 7 rings (SSSR count). The lowest BCUT2D eigenvalue weighted by Crippen LogP contribution is -2.60. The summed E-state index contributed by atoms with van der Waals surface area (Å²) in [7, 11) is 1.88. The van der Waals surface area contributed by atoms with Crippen LogP contribution >= 0.6 is 0 Å². The summed E-state index contributed by atoms with van der Waals surface area (Å²) in [5.41, 5.74) is -0.214. The number of aliphatic hydroxyl groups excluding tert-OH is 1. The lowest BCUT2D eigenvalue weighted by Gasteiger charge is -2.63. The van der Waals surface area contributed by atoms with Crippen LogP contribution in [-0.4, -0.2) is 53.1 Å². The summed E-state index contributed by atoms with van der Waals surface area (Å²) >= 11 is 0. The molecule has 5 saturated carbocycles. The van der Waals surface area contributed by atoms with Gasteiger partial charge in [0, 0.05) is 18.4 Å². The van der Waals surface area contributed by atoms with Crippen molar-refractivity contribution in [3.63, 3.8) is 0 Å². The summed E-state index contributed by atoms with van der Waals surface area (Å²) < 4.78 is 20.6. The molecule has 0 radical (unpaired) electrons. The standard InChI is InChI=1S/C31H50O5/c1-17-15-18-23(26(4,5)33)36-31(35-18)22(17)27(6)13-14-30-16-29(30)12-11-21(32)25(2,3)19(29)9-10-20(30)28(27,7)24(31)34-8/h17-24,32-33H,9-16H2,1-8H3/t17?,18?,19?,20?,21-,22?,23-,24?,27+,28?,29+,30-,31?/m0/s1. The summed E-state index contributed by atoms with van der Waals surface area (Å²) in [5, 5.41) is 22.1. The minimum atomic E-state index is -0.953. The first-order valence-electron chi connectivity index (χ1n) is 14.9. The van der Waals surface area contributed by atoms with Gasteiger partial charge in [0.2, 0.25) is 0 Å². The Bertz CT molecular complexity index is 973. The number of hydrogen-bond donors (Lipinski definition) is 2. The Morgan fingerprint density at radius 1 is 0.917 bits per heavy atom. The van der Waals surface area contributed by atoms with Gasteiger partial charge in [0.1, 0.15) is 12.2 Å². The number of aliphatic hydroxyl groups is 2. The first-order valence-corrected chi connectivity index (χ1v) is 14.9. The Morgan fingerprint density at radius 2 is 1.58 bits per heavy atom. The number of hydrogen-bond acceptors (Lipinski definition) is 5. The predicted octanol–water partition coefficient (Wildman–Crippen LogP) is 5.31. The van der Waals surface area contributed by atoms with Gasteiger partial charge in [0.05, 0.1) is 17.8 Å². The van der Waals surface area contributed by atoms with Gasteiger partial charge in [-0.15, -0.1) is 0 Å². The summed E-state index contributed by atoms with van der Waals surface area (Å²) in [6, 6.07) is 0. The van der Waals surface area contributed by atoms with Crippen LogP contribution in [0.25, 0.3) is 0 Å². The zero-order valence-corrected chi connectivity index (χ0v) is 23.9. The molecule has 0 aromatic rings.